The van der Waals surface area contributed by atoms with Crippen LogP contribution in [0.2, 0.25) is 0 Å². The molecule has 0 fully saturated rings. The minimum Gasteiger partial charge on any atom is -0.385 e. The van der Waals surface area contributed by atoms with Gasteiger partial charge in [0, 0.05) is 30.8 Å². The van der Waals surface area contributed by atoms with Crippen LogP contribution >= 0.6 is 0 Å². The van der Waals surface area contributed by atoms with Crippen LogP contribution in [0.1, 0.15) is 24.5 Å². The monoisotopic (exact) mass is 300 g/mol. The smallest absolute Gasteiger partial charge is 0.222 e. The summed E-state index contributed by atoms with van der Waals surface area (Å²) < 4.78 is 13.4. The first-order chi connectivity index (χ1) is 10.7. The van der Waals surface area contributed by atoms with Gasteiger partial charge in [-0.1, -0.05) is 37.3 Å². The third-order valence-electron chi connectivity index (χ3n) is 3.48. The minimum absolute atomic E-state index is 0.0964. The zero-order valence-corrected chi connectivity index (χ0v) is 12.7. The highest BCUT2D eigenvalue weighted by Crippen LogP contribution is 2.10. The summed E-state index contributed by atoms with van der Waals surface area (Å²) in [5, 5.41) is 5.93. The van der Waals surface area contributed by atoms with Gasteiger partial charge in [-0.3, -0.25) is 4.79 Å². The molecule has 22 heavy (non-hydrogen) atoms. The lowest BCUT2D eigenvalue weighted by Crippen LogP contribution is -2.25. The second kappa shape index (κ2) is 8.17. The van der Waals surface area contributed by atoms with Gasteiger partial charge in [-0.15, -0.1) is 0 Å². The van der Waals surface area contributed by atoms with E-state index >= 15 is 0 Å². The molecule has 0 atom stereocenters. The van der Waals surface area contributed by atoms with Gasteiger partial charge in [-0.05, 0) is 30.2 Å². The Hall–Kier alpha value is -2.36. The van der Waals surface area contributed by atoms with Crippen LogP contribution in [0.25, 0.3) is 0 Å². The molecule has 2 aromatic rings. The van der Waals surface area contributed by atoms with Gasteiger partial charge in [0.05, 0.1) is 0 Å². The Bertz CT molecular complexity index is 611. The van der Waals surface area contributed by atoms with Gasteiger partial charge >= 0.3 is 0 Å². The van der Waals surface area contributed by atoms with Gasteiger partial charge in [0.2, 0.25) is 5.91 Å². The first-order valence-corrected chi connectivity index (χ1v) is 7.52. The summed E-state index contributed by atoms with van der Waals surface area (Å²) >= 11 is 0. The summed E-state index contributed by atoms with van der Waals surface area (Å²) in [6, 6.07) is 14.6. The molecule has 0 saturated heterocycles. The summed E-state index contributed by atoms with van der Waals surface area (Å²) in [5.74, 6) is -0.391. The minimum atomic E-state index is -0.295. The molecule has 0 heterocycles. The predicted octanol–water partition coefficient (Wildman–Crippen LogP) is 3.51. The van der Waals surface area contributed by atoms with Gasteiger partial charge in [0.25, 0.3) is 0 Å². The maximum absolute atomic E-state index is 13.4. The lowest BCUT2D eigenvalue weighted by atomic mass is 10.1. The summed E-state index contributed by atoms with van der Waals surface area (Å²) in [6.45, 7) is 2.88. The number of benzene rings is 2. The molecule has 4 heteroatoms. The Morgan fingerprint density at radius 1 is 1.09 bits per heavy atom. The molecule has 2 N–H and O–H groups in total. The van der Waals surface area contributed by atoms with Crippen LogP contribution in [-0.2, 0) is 17.8 Å². The van der Waals surface area contributed by atoms with Gasteiger partial charge in [0.15, 0.2) is 0 Å². The SMILES string of the molecule is CCc1ccc(NCCC(=O)NCc2ccccc2F)cc1. The number of carbonyl (C=O) groups excluding carboxylic acids is 1. The van der Waals surface area contributed by atoms with Crippen molar-refractivity contribution in [3.05, 3.63) is 65.5 Å². The quantitative estimate of drug-likeness (QED) is 0.821. The highest BCUT2D eigenvalue weighted by molar-refractivity contribution is 5.76. The van der Waals surface area contributed by atoms with Crippen molar-refractivity contribution in [1.29, 1.82) is 0 Å². The second-order valence-electron chi connectivity index (χ2n) is 5.10. The maximum Gasteiger partial charge on any atom is 0.222 e. The fraction of sp³-hybridized carbons (Fsp3) is 0.278. The Morgan fingerprint density at radius 2 is 1.82 bits per heavy atom. The molecule has 0 aliphatic carbocycles. The lowest BCUT2D eigenvalue weighted by molar-refractivity contribution is -0.121. The average molecular weight is 300 g/mol. The van der Waals surface area contributed by atoms with Crippen molar-refractivity contribution in [3.8, 4) is 0 Å². The number of carbonyl (C=O) groups is 1. The average Bonchev–Trinajstić information content (AvgIpc) is 2.55. The fourth-order valence-corrected chi connectivity index (χ4v) is 2.10. The molecule has 0 aliphatic heterocycles. The van der Waals surface area contributed by atoms with Crippen molar-refractivity contribution >= 4 is 11.6 Å². The molecule has 0 saturated carbocycles. The number of anilines is 1. The molecular formula is C18H21FN2O. The molecule has 0 unspecified atom stereocenters. The highest BCUT2D eigenvalue weighted by atomic mass is 19.1. The summed E-state index contributed by atoms with van der Waals surface area (Å²) in [7, 11) is 0. The highest BCUT2D eigenvalue weighted by Gasteiger charge is 2.04. The lowest BCUT2D eigenvalue weighted by Gasteiger charge is -2.08. The van der Waals surface area contributed by atoms with E-state index in [9.17, 15) is 9.18 Å². The molecule has 0 spiro atoms. The van der Waals surface area contributed by atoms with Crippen LogP contribution in [-0.4, -0.2) is 12.5 Å². The van der Waals surface area contributed by atoms with Crippen LogP contribution in [0.15, 0.2) is 48.5 Å². The van der Waals surface area contributed by atoms with Crippen LogP contribution in [0.5, 0.6) is 0 Å². The van der Waals surface area contributed by atoms with Crippen LogP contribution in [0.3, 0.4) is 0 Å². The number of nitrogens with one attached hydrogen (secondary N) is 2. The molecule has 2 aromatic carbocycles. The van der Waals surface area contributed by atoms with Crippen molar-refractivity contribution in [3.63, 3.8) is 0 Å². The van der Waals surface area contributed by atoms with Crippen molar-refractivity contribution < 1.29 is 9.18 Å². The van der Waals surface area contributed by atoms with Crippen molar-refractivity contribution in [1.82, 2.24) is 5.32 Å². The zero-order chi connectivity index (χ0) is 15.8. The van der Waals surface area contributed by atoms with Gasteiger partial charge < -0.3 is 10.6 Å². The van der Waals surface area contributed by atoms with E-state index in [1.54, 1.807) is 18.2 Å². The Kier molecular flexibility index (Phi) is 5.95. The normalized spacial score (nSPS) is 10.3. The molecule has 0 aliphatic rings. The maximum atomic E-state index is 13.4. The molecule has 0 radical (unpaired) electrons. The predicted molar refractivity (Wildman–Crippen MR) is 87.2 cm³/mol. The van der Waals surface area contributed by atoms with E-state index in [1.165, 1.54) is 11.6 Å². The third-order valence-corrected chi connectivity index (χ3v) is 3.48. The summed E-state index contributed by atoms with van der Waals surface area (Å²) in [6.07, 6.45) is 1.36. The second-order valence-corrected chi connectivity index (χ2v) is 5.10. The summed E-state index contributed by atoms with van der Waals surface area (Å²) in [4.78, 5) is 11.7. The van der Waals surface area contributed by atoms with Crippen LogP contribution < -0.4 is 10.6 Å². The largest absolute Gasteiger partial charge is 0.385 e. The number of halogens is 1. The van der Waals surface area contributed by atoms with Gasteiger partial charge in [0.1, 0.15) is 5.82 Å². The Balaban J connectivity index is 1.70. The van der Waals surface area contributed by atoms with E-state index in [-0.39, 0.29) is 18.3 Å². The third kappa shape index (κ3) is 4.88. The molecule has 2 rings (SSSR count). The molecule has 3 nitrogen and oxygen atoms in total. The molecule has 116 valence electrons. The molecule has 0 bridgehead atoms. The summed E-state index contributed by atoms with van der Waals surface area (Å²) in [5.41, 5.74) is 2.78. The van der Waals surface area contributed by atoms with Gasteiger partial charge in [-0.25, -0.2) is 4.39 Å². The van der Waals surface area contributed by atoms with Crippen LogP contribution in [0, 0.1) is 5.82 Å². The fourth-order valence-electron chi connectivity index (χ4n) is 2.10. The van der Waals surface area contributed by atoms with E-state index < -0.39 is 0 Å². The van der Waals surface area contributed by atoms with E-state index in [4.69, 9.17) is 0 Å². The molecule has 0 aromatic heterocycles. The Labute approximate surface area is 130 Å². The van der Waals surface area contributed by atoms with Crippen molar-refractivity contribution in [2.24, 2.45) is 0 Å². The van der Waals surface area contributed by atoms with Crippen molar-refractivity contribution in [2.75, 3.05) is 11.9 Å². The van der Waals surface area contributed by atoms with Gasteiger partial charge in [-0.2, -0.15) is 0 Å². The number of hydrogen-bond acceptors (Lipinski definition) is 2. The topological polar surface area (TPSA) is 41.1 Å². The number of amides is 1. The standard InChI is InChI=1S/C18H21FN2O/c1-2-14-7-9-16(10-8-14)20-12-11-18(22)21-13-15-5-3-4-6-17(15)19/h3-10,20H,2,11-13H2,1H3,(H,21,22). The molecule has 1 amide bonds. The van der Waals surface area contributed by atoms with Crippen molar-refractivity contribution in [2.45, 2.75) is 26.3 Å². The number of rotatable bonds is 7. The van der Waals surface area contributed by atoms with E-state index in [2.05, 4.69) is 29.7 Å². The van der Waals surface area contributed by atoms with E-state index in [1.807, 2.05) is 12.1 Å². The number of hydrogen-bond donors (Lipinski definition) is 2. The Morgan fingerprint density at radius 3 is 2.50 bits per heavy atom. The van der Waals surface area contributed by atoms with Crippen LogP contribution in [0.4, 0.5) is 10.1 Å². The first-order valence-electron chi connectivity index (χ1n) is 7.52. The van der Waals surface area contributed by atoms with E-state index in [0.29, 0.717) is 18.5 Å². The van der Waals surface area contributed by atoms with E-state index in [0.717, 1.165) is 12.1 Å². The zero-order valence-electron chi connectivity index (χ0n) is 12.7. The number of aryl methyl sites for hydroxylation is 1. The first kappa shape index (κ1) is 16.0. The molecular weight excluding hydrogens is 279 g/mol.